The van der Waals surface area contributed by atoms with Crippen molar-refractivity contribution in [2.45, 2.75) is 52.5 Å². The summed E-state index contributed by atoms with van der Waals surface area (Å²) in [6, 6.07) is 0.390. The van der Waals surface area contributed by atoms with E-state index < -0.39 is 0 Å². The molecule has 2 aliphatic carbocycles. The van der Waals surface area contributed by atoms with E-state index in [-0.39, 0.29) is 5.91 Å². The van der Waals surface area contributed by atoms with Crippen LogP contribution >= 0.6 is 0 Å². The minimum atomic E-state index is 0.258. The highest BCUT2D eigenvalue weighted by Gasteiger charge is 2.61. The van der Waals surface area contributed by atoms with Crippen LogP contribution in [-0.2, 0) is 4.79 Å². The second-order valence-corrected chi connectivity index (χ2v) is 8.63. The number of nitrogens with zero attached hydrogens (tertiary/aromatic N) is 2. The van der Waals surface area contributed by atoms with Gasteiger partial charge in [-0.2, -0.15) is 0 Å². The van der Waals surface area contributed by atoms with E-state index in [9.17, 15) is 4.79 Å². The lowest BCUT2D eigenvalue weighted by atomic mass is 9.69. The third kappa shape index (κ3) is 2.69. The molecule has 3 fully saturated rings. The lowest BCUT2D eigenvalue weighted by Gasteiger charge is -2.39. The van der Waals surface area contributed by atoms with Crippen molar-refractivity contribution in [1.29, 1.82) is 0 Å². The summed E-state index contributed by atoms with van der Waals surface area (Å²) in [6.07, 6.45) is 4.45. The number of fused-ring (bicyclic) bond motifs is 2. The van der Waals surface area contributed by atoms with Crippen molar-refractivity contribution < 1.29 is 4.79 Å². The monoisotopic (exact) mass is 307 g/mol. The summed E-state index contributed by atoms with van der Waals surface area (Å²) < 4.78 is 0. The minimum absolute atomic E-state index is 0.258. The quantitative estimate of drug-likeness (QED) is 0.862. The minimum Gasteiger partial charge on any atom is -0.353 e. The number of likely N-dealkylation sites (N-methyl/N-ethyl adjacent to an activating group) is 1. The number of hydrogen-bond donors (Lipinski definition) is 1. The molecular weight excluding hydrogens is 274 g/mol. The van der Waals surface area contributed by atoms with Gasteiger partial charge in [-0.3, -0.25) is 4.79 Å². The van der Waals surface area contributed by atoms with Gasteiger partial charge in [0.2, 0.25) is 5.91 Å². The smallest absolute Gasteiger partial charge is 0.221 e. The molecule has 2 bridgehead atoms. The Morgan fingerprint density at radius 1 is 1.18 bits per heavy atom. The van der Waals surface area contributed by atoms with Gasteiger partial charge in [0, 0.05) is 45.2 Å². The van der Waals surface area contributed by atoms with Gasteiger partial charge in [0.1, 0.15) is 0 Å². The van der Waals surface area contributed by atoms with E-state index in [4.69, 9.17) is 0 Å². The molecule has 0 aromatic heterocycles. The van der Waals surface area contributed by atoms with Gasteiger partial charge < -0.3 is 15.1 Å². The van der Waals surface area contributed by atoms with Crippen LogP contribution in [0.2, 0.25) is 0 Å². The SMILES string of the molecule is CN1CCN(CCC(=O)N[C@@H]2C[C@H]3CC[C@]2(C)C3(C)C)CC1. The van der Waals surface area contributed by atoms with Crippen LogP contribution in [0.4, 0.5) is 0 Å². The Labute approximate surface area is 135 Å². The van der Waals surface area contributed by atoms with Gasteiger partial charge in [-0.15, -0.1) is 0 Å². The molecule has 2 saturated carbocycles. The molecule has 0 aromatic rings. The van der Waals surface area contributed by atoms with Gasteiger partial charge in [0.05, 0.1) is 0 Å². The third-order valence-corrected chi connectivity index (χ3v) is 7.38. The predicted octanol–water partition coefficient (Wildman–Crippen LogP) is 1.95. The fraction of sp³-hybridized carbons (Fsp3) is 0.944. The molecule has 1 aliphatic heterocycles. The molecule has 4 nitrogen and oxygen atoms in total. The molecule has 1 amide bonds. The maximum Gasteiger partial charge on any atom is 0.221 e. The average Bonchev–Trinajstić information content (AvgIpc) is 2.80. The molecule has 0 spiro atoms. The fourth-order valence-corrected chi connectivity index (χ4v) is 5.02. The Kier molecular flexibility index (Phi) is 4.28. The number of piperazine rings is 1. The summed E-state index contributed by atoms with van der Waals surface area (Å²) in [5.41, 5.74) is 0.670. The molecule has 1 heterocycles. The van der Waals surface area contributed by atoms with Crippen molar-refractivity contribution in [2.24, 2.45) is 16.7 Å². The van der Waals surface area contributed by atoms with E-state index >= 15 is 0 Å². The average molecular weight is 307 g/mol. The number of rotatable bonds is 4. The van der Waals surface area contributed by atoms with Crippen LogP contribution in [0.15, 0.2) is 0 Å². The zero-order chi connectivity index (χ0) is 16.0. The lowest BCUT2D eigenvalue weighted by molar-refractivity contribution is -0.123. The van der Waals surface area contributed by atoms with Crippen LogP contribution in [0.1, 0.15) is 46.5 Å². The van der Waals surface area contributed by atoms with Crippen LogP contribution < -0.4 is 5.32 Å². The number of carbonyl (C=O) groups excluding carboxylic acids is 1. The molecule has 126 valence electrons. The van der Waals surface area contributed by atoms with Crippen molar-refractivity contribution >= 4 is 5.91 Å². The standard InChI is InChI=1S/C18H33N3O/c1-17(2)14-5-7-18(17,3)15(13-14)19-16(22)6-8-21-11-9-20(4)10-12-21/h14-15H,5-13H2,1-4H3,(H,19,22)/t14-,15-,18+/m1/s1. The van der Waals surface area contributed by atoms with Gasteiger partial charge in [0.25, 0.3) is 0 Å². The molecule has 0 unspecified atom stereocenters. The summed E-state index contributed by atoms with van der Waals surface area (Å²) in [7, 11) is 2.17. The molecule has 0 aromatic carbocycles. The highest BCUT2D eigenvalue weighted by molar-refractivity contribution is 5.76. The van der Waals surface area contributed by atoms with Crippen molar-refractivity contribution in [3.05, 3.63) is 0 Å². The molecule has 3 aliphatic rings. The second kappa shape index (κ2) is 5.79. The lowest BCUT2D eigenvalue weighted by Crippen LogP contribution is -2.48. The second-order valence-electron chi connectivity index (χ2n) is 8.63. The van der Waals surface area contributed by atoms with Gasteiger partial charge in [0.15, 0.2) is 0 Å². The van der Waals surface area contributed by atoms with E-state index in [1.165, 1.54) is 19.3 Å². The molecule has 1 N–H and O–H groups in total. The van der Waals surface area contributed by atoms with Gasteiger partial charge in [-0.05, 0) is 43.1 Å². The van der Waals surface area contributed by atoms with E-state index in [1.807, 2.05) is 0 Å². The zero-order valence-corrected chi connectivity index (χ0v) is 14.8. The zero-order valence-electron chi connectivity index (χ0n) is 14.8. The molecule has 0 radical (unpaired) electrons. The Morgan fingerprint density at radius 3 is 2.41 bits per heavy atom. The van der Waals surface area contributed by atoms with Crippen LogP contribution in [0.3, 0.4) is 0 Å². The van der Waals surface area contributed by atoms with E-state index in [2.05, 4.69) is 42.9 Å². The van der Waals surface area contributed by atoms with Gasteiger partial charge in [-0.25, -0.2) is 0 Å². The highest BCUT2D eigenvalue weighted by atomic mass is 16.1. The Balaban J connectivity index is 1.47. The third-order valence-electron chi connectivity index (χ3n) is 7.38. The maximum absolute atomic E-state index is 12.4. The summed E-state index contributed by atoms with van der Waals surface area (Å²) in [6.45, 7) is 12.6. The van der Waals surface area contributed by atoms with E-state index in [1.54, 1.807) is 0 Å². The fourth-order valence-electron chi connectivity index (χ4n) is 5.02. The summed E-state index contributed by atoms with van der Waals surface area (Å²) in [4.78, 5) is 17.2. The Bertz CT molecular complexity index is 428. The van der Waals surface area contributed by atoms with Crippen molar-refractivity contribution in [2.75, 3.05) is 39.8 Å². The molecule has 22 heavy (non-hydrogen) atoms. The number of carbonyl (C=O) groups is 1. The van der Waals surface area contributed by atoms with Crippen LogP contribution in [0, 0.1) is 16.7 Å². The Morgan fingerprint density at radius 2 is 1.86 bits per heavy atom. The molecule has 4 heteroatoms. The maximum atomic E-state index is 12.4. The van der Waals surface area contributed by atoms with E-state index in [0.29, 0.717) is 23.3 Å². The summed E-state index contributed by atoms with van der Waals surface area (Å²) in [5, 5.41) is 3.38. The first-order chi connectivity index (χ1) is 10.3. The highest BCUT2D eigenvalue weighted by Crippen LogP contribution is 2.65. The summed E-state index contributed by atoms with van der Waals surface area (Å²) in [5.74, 6) is 1.05. The van der Waals surface area contributed by atoms with Crippen molar-refractivity contribution in [3.8, 4) is 0 Å². The van der Waals surface area contributed by atoms with E-state index in [0.717, 1.165) is 38.6 Å². The molecule has 1 saturated heterocycles. The number of hydrogen-bond acceptors (Lipinski definition) is 3. The molecule has 3 atom stereocenters. The largest absolute Gasteiger partial charge is 0.353 e. The summed E-state index contributed by atoms with van der Waals surface area (Å²) >= 11 is 0. The Hall–Kier alpha value is -0.610. The normalized spacial score (nSPS) is 38.4. The number of amides is 1. The van der Waals surface area contributed by atoms with Gasteiger partial charge >= 0.3 is 0 Å². The molecule has 3 rings (SSSR count). The topological polar surface area (TPSA) is 35.6 Å². The first-order valence-electron chi connectivity index (χ1n) is 9.03. The van der Waals surface area contributed by atoms with Crippen LogP contribution in [-0.4, -0.2) is 61.5 Å². The van der Waals surface area contributed by atoms with Gasteiger partial charge in [-0.1, -0.05) is 20.8 Å². The van der Waals surface area contributed by atoms with Crippen molar-refractivity contribution in [3.63, 3.8) is 0 Å². The van der Waals surface area contributed by atoms with Crippen LogP contribution in [0.5, 0.6) is 0 Å². The van der Waals surface area contributed by atoms with Crippen LogP contribution in [0.25, 0.3) is 0 Å². The van der Waals surface area contributed by atoms with Crippen molar-refractivity contribution in [1.82, 2.24) is 15.1 Å². The first-order valence-corrected chi connectivity index (χ1v) is 9.03. The predicted molar refractivity (Wildman–Crippen MR) is 89.7 cm³/mol. The number of nitrogens with one attached hydrogen (secondary N) is 1. The first kappa shape index (κ1) is 16.3. The molecular formula is C18H33N3O.